The topological polar surface area (TPSA) is 111 Å². The number of allylic oxidation sites excluding steroid dienone is 2. The van der Waals surface area contributed by atoms with E-state index in [4.69, 9.17) is 4.42 Å². The molecule has 2 aromatic rings. The van der Waals surface area contributed by atoms with Gasteiger partial charge in [-0.2, -0.15) is 0 Å². The van der Waals surface area contributed by atoms with E-state index in [0.29, 0.717) is 17.6 Å². The Labute approximate surface area is 150 Å². The molecule has 1 atom stereocenters. The Morgan fingerprint density at radius 1 is 1.12 bits per heavy atom. The van der Waals surface area contributed by atoms with E-state index in [-0.39, 0.29) is 39.6 Å². The number of rotatable bonds is 1. The quantitative estimate of drug-likeness (QED) is 0.577. The van der Waals surface area contributed by atoms with Crippen molar-refractivity contribution in [3.05, 3.63) is 34.3 Å². The summed E-state index contributed by atoms with van der Waals surface area (Å²) in [5.74, 6) is -1.41. The number of phenolic OH excluding ortho intramolecular Hbond substituents is 2. The van der Waals surface area contributed by atoms with Crippen LogP contribution in [0, 0.1) is 5.41 Å². The second kappa shape index (κ2) is 5.04. The average molecular weight is 358 g/mol. The number of carbonyl (C=O) groups is 1. The summed E-state index contributed by atoms with van der Waals surface area (Å²) < 4.78 is 5.48. The molecular formula is C20H22O6. The van der Waals surface area contributed by atoms with Crippen molar-refractivity contribution in [1.82, 2.24) is 0 Å². The zero-order valence-corrected chi connectivity index (χ0v) is 15.0. The van der Waals surface area contributed by atoms with Gasteiger partial charge >= 0.3 is 0 Å². The number of hydrogen-bond acceptors (Lipinski definition) is 6. The highest BCUT2D eigenvalue weighted by Crippen LogP contribution is 2.60. The monoisotopic (exact) mass is 358 g/mol. The fraction of sp³-hybridized carbons (Fsp3) is 0.450. The molecule has 4 rings (SSSR count). The summed E-state index contributed by atoms with van der Waals surface area (Å²) in [6.07, 6.45) is 2.30. The Morgan fingerprint density at radius 2 is 1.81 bits per heavy atom. The molecular weight excluding hydrogens is 336 g/mol. The van der Waals surface area contributed by atoms with Gasteiger partial charge in [-0.15, -0.1) is 0 Å². The van der Waals surface area contributed by atoms with E-state index in [1.165, 1.54) is 6.07 Å². The molecule has 6 heteroatoms. The third-order valence-electron chi connectivity index (χ3n) is 6.07. The molecule has 1 aromatic heterocycles. The molecule has 1 aromatic carbocycles. The lowest BCUT2D eigenvalue weighted by Crippen LogP contribution is -2.43. The lowest BCUT2D eigenvalue weighted by Gasteiger charge is -2.48. The first-order valence-electron chi connectivity index (χ1n) is 8.74. The summed E-state index contributed by atoms with van der Waals surface area (Å²) in [5, 5.41) is 41.9. The Bertz CT molecular complexity index is 994. The molecule has 0 unspecified atom stereocenters. The number of ketones is 1. The summed E-state index contributed by atoms with van der Waals surface area (Å²) >= 11 is 0. The molecule has 0 saturated heterocycles. The Kier molecular flexibility index (Phi) is 3.29. The fourth-order valence-corrected chi connectivity index (χ4v) is 5.06. The number of aromatic hydroxyl groups is 2. The van der Waals surface area contributed by atoms with Crippen LogP contribution in [-0.2, 0) is 12.0 Å². The number of aliphatic hydroxyl groups is 2. The maximum atomic E-state index is 12.9. The molecule has 4 N–H and O–H groups in total. The van der Waals surface area contributed by atoms with Gasteiger partial charge in [-0.3, -0.25) is 4.79 Å². The fourth-order valence-electron chi connectivity index (χ4n) is 5.06. The van der Waals surface area contributed by atoms with Crippen molar-refractivity contribution in [2.24, 2.45) is 5.41 Å². The number of hydrogen-bond donors (Lipinski definition) is 4. The predicted molar refractivity (Wildman–Crippen MR) is 94.4 cm³/mol. The minimum absolute atomic E-state index is 0.0449. The zero-order valence-electron chi connectivity index (χ0n) is 15.0. The minimum Gasteiger partial charge on any atom is -0.506 e. The molecule has 26 heavy (non-hydrogen) atoms. The number of Topliss-reactive ketones (excluding diaryl/α,β-unsaturated/α-hetero) is 1. The molecule has 0 bridgehead atoms. The highest BCUT2D eigenvalue weighted by atomic mass is 16.4. The van der Waals surface area contributed by atoms with Crippen LogP contribution in [0.5, 0.6) is 11.5 Å². The molecule has 0 aliphatic heterocycles. The normalized spacial score (nSPS) is 24.7. The van der Waals surface area contributed by atoms with Crippen LogP contribution in [0.1, 0.15) is 61.7 Å². The average Bonchev–Trinajstić information content (AvgIpc) is 3.00. The maximum Gasteiger partial charge on any atom is 0.231 e. The first kappa shape index (κ1) is 17.0. The smallest absolute Gasteiger partial charge is 0.231 e. The number of phenols is 2. The number of carbonyl (C=O) groups excluding carboxylic acids is 1. The first-order valence-corrected chi connectivity index (χ1v) is 8.74. The number of fused-ring (bicyclic) bond motifs is 4. The standard InChI is InChI=1S/C20H22O6/c1-19(2)5-4-6-20(3)12-11(14(23)16(25)18(19)20)13(22)10-7-9(8-21)26-17(10)15(12)24/h7,21-22,24-25H,4-6,8H2,1-3H3/t20-/m1/s1. The van der Waals surface area contributed by atoms with Gasteiger partial charge in [0.1, 0.15) is 18.1 Å². The Morgan fingerprint density at radius 3 is 2.46 bits per heavy atom. The van der Waals surface area contributed by atoms with Gasteiger partial charge in [0, 0.05) is 11.0 Å². The van der Waals surface area contributed by atoms with Gasteiger partial charge in [-0.25, -0.2) is 0 Å². The second-order valence-electron chi connectivity index (χ2n) is 8.18. The van der Waals surface area contributed by atoms with E-state index in [0.717, 1.165) is 12.8 Å². The highest BCUT2D eigenvalue weighted by molar-refractivity contribution is 6.16. The van der Waals surface area contributed by atoms with Gasteiger partial charge in [-0.1, -0.05) is 27.2 Å². The van der Waals surface area contributed by atoms with Gasteiger partial charge in [0.25, 0.3) is 0 Å². The van der Waals surface area contributed by atoms with Crippen LogP contribution < -0.4 is 0 Å². The van der Waals surface area contributed by atoms with Crippen molar-refractivity contribution < 1.29 is 29.6 Å². The van der Waals surface area contributed by atoms with Crippen LogP contribution in [0.25, 0.3) is 11.0 Å². The van der Waals surface area contributed by atoms with Crippen LogP contribution in [0.15, 0.2) is 21.8 Å². The third kappa shape index (κ3) is 1.88. The summed E-state index contributed by atoms with van der Waals surface area (Å²) in [6.45, 7) is 5.43. The van der Waals surface area contributed by atoms with Gasteiger partial charge in [0.05, 0.1) is 10.9 Å². The summed E-state index contributed by atoms with van der Waals surface area (Å²) in [5.41, 5.74) is -0.355. The van der Waals surface area contributed by atoms with E-state index in [1.54, 1.807) is 0 Å². The first-order chi connectivity index (χ1) is 12.1. The molecule has 138 valence electrons. The van der Waals surface area contributed by atoms with Crippen molar-refractivity contribution in [2.75, 3.05) is 0 Å². The number of aliphatic hydroxyl groups excluding tert-OH is 2. The van der Waals surface area contributed by atoms with Crippen LogP contribution in [0.2, 0.25) is 0 Å². The van der Waals surface area contributed by atoms with E-state index >= 15 is 0 Å². The van der Waals surface area contributed by atoms with E-state index in [9.17, 15) is 25.2 Å². The van der Waals surface area contributed by atoms with E-state index < -0.39 is 23.2 Å². The Balaban J connectivity index is 2.15. The molecule has 0 amide bonds. The lowest BCUT2D eigenvalue weighted by molar-refractivity contribution is 0.0936. The summed E-state index contributed by atoms with van der Waals surface area (Å²) in [6, 6.07) is 1.39. The van der Waals surface area contributed by atoms with Gasteiger partial charge in [0.2, 0.25) is 5.78 Å². The van der Waals surface area contributed by atoms with Crippen molar-refractivity contribution in [3.63, 3.8) is 0 Å². The number of benzene rings is 1. The molecule has 6 nitrogen and oxygen atoms in total. The van der Waals surface area contributed by atoms with E-state index in [2.05, 4.69) is 0 Å². The third-order valence-corrected chi connectivity index (χ3v) is 6.07. The van der Waals surface area contributed by atoms with Crippen molar-refractivity contribution in [2.45, 2.75) is 52.1 Å². The van der Waals surface area contributed by atoms with Crippen LogP contribution in [-0.4, -0.2) is 26.2 Å². The highest BCUT2D eigenvalue weighted by Gasteiger charge is 2.53. The molecule has 0 radical (unpaired) electrons. The molecule has 0 spiro atoms. The van der Waals surface area contributed by atoms with Crippen molar-refractivity contribution in [3.8, 4) is 11.5 Å². The zero-order chi connectivity index (χ0) is 19.0. The van der Waals surface area contributed by atoms with Crippen LogP contribution in [0.4, 0.5) is 0 Å². The Hall–Kier alpha value is -2.47. The second-order valence-corrected chi connectivity index (χ2v) is 8.18. The SMILES string of the molecule is CC1(C)CCC[C@@]2(C)C1=C(O)C(=O)c1c2c(O)c2oc(CO)cc2c1O. The largest absolute Gasteiger partial charge is 0.506 e. The predicted octanol–water partition coefficient (Wildman–Crippen LogP) is 3.81. The van der Waals surface area contributed by atoms with Crippen molar-refractivity contribution >= 4 is 16.8 Å². The molecule has 1 heterocycles. The molecule has 1 fully saturated rings. The summed E-state index contributed by atoms with van der Waals surface area (Å²) in [4.78, 5) is 12.9. The van der Waals surface area contributed by atoms with E-state index in [1.807, 2.05) is 20.8 Å². The van der Waals surface area contributed by atoms with Crippen molar-refractivity contribution in [1.29, 1.82) is 0 Å². The van der Waals surface area contributed by atoms with Gasteiger partial charge in [0.15, 0.2) is 17.1 Å². The lowest BCUT2D eigenvalue weighted by atomic mass is 9.54. The minimum atomic E-state index is -0.795. The maximum absolute atomic E-state index is 12.9. The molecule has 2 aliphatic rings. The number of furan rings is 1. The molecule has 2 aliphatic carbocycles. The van der Waals surface area contributed by atoms with Crippen LogP contribution in [0.3, 0.4) is 0 Å². The van der Waals surface area contributed by atoms with Gasteiger partial charge < -0.3 is 24.8 Å². The van der Waals surface area contributed by atoms with Gasteiger partial charge in [-0.05, 0) is 29.9 Å². The molecule has 1 saturated carbocycles. The summed E-state index contributed by atoms with van der Waals surface area (Å²) in [7, 11) is 0. The van der Waals surface area contributed by atoms with Crippen LogP contribution >= 0.6 is 0 Å².